The Morgan fingerprint density at radius 2 is 1.75 bits per heavy atom. The van der Waals surface area contributed by atoms with Crippen molar-refractivity contribution in [3.05, 3.63) is 29.8 Å². The van der Waals surface area contributed by atoms with E-state index in [4.69, 9.17) is 0 Å². The number of hydrogen-bond donors (Lipinski definition) is 1. The maximum Gasteiger partial charge on any atom is 0.455 e. The summed E-state index contributed by atoms with van der Waals surface area (Å²) in [6.45, 7) is 0. The standard InChI is InChI=1S/C7H4F2NO2/c8-4-2-1-3-5(9)6(4)10-7(11)12/h1-3,10H. The number of benzene rings is 1. The quantitative estimate of drug-likeness (QED) is 0.691. The van der Waals surface area contributed by atoms with Crippen LogP contribution < -0.4 is 5.32 Å². The summed E-state index contributed by atoms with van der Waals surface area (Å²) in [5, 5.41) is 11.4. The van der Waals surface area contributed by atoms with E-state index in [9.17, 15) is 18.7 Å². The molecule has 1 amide bonds. The Kier molecular flexibility index (Phi) is 2.23. The smallest absolute Gasteiger partial charge is 0.283 e. The lowest BCUT2D eigenvalue weighted by Gasteiger charge is -2.01. The molecule has 0 unspecified atom stereocenters. The summed E-state index contributed by atoms with van der Waals surface area (Å²) in [6, 6.07) is 3.01. The van der Waals surface area contributed by atoms with E-state index in [2.05, 4.69) is 0 Å². The van der Waals surface area contributed by atoms with E-state index in [0.717, 1.165) is 18.2 Å². The lowest BCUT2D eigenvalue weighted by Crippen LogP contribution is -2.09. The highest BCUT2D eigenvalue weighted by Crippen LogP contribution is 2.17. The third-order valence-electron chi connectivity index (χ3n) is 1.19. The average Bonchev–Trinajstić information content (AvgIpc) is 1.97. The fourth-order valence-corrected chi connectivity index (χ4v) is 0.719. The molecular formula is C7H4F2NO2. The van der Waals surface area contributed by atoms with Crippen LogP contribution in [0.5, 0.6) is 0 Å². The number of carbonyl (C=O) groups is 1. The average molecular weight is 172 g/mol. The van der Waals surface area contributed by atoms with Crippen LogP contribution >= 0.6 is 0 Å². The summed E-state index contributed by atoms with van der Waals surface area (Å²) in [5.74, 6) is -1.95. The van der Waals surface area contributed by atoms with E-state index >= 15 is 0 Å². The predicted octanol–water partition coefficient (Wildman–Crippen LogP) is 1.93. The van der Waals surface area contributed by atoms with E-state index < -0.39 is 23.4 Å². The van der Waals surface area contributed by atoms with Crippen LogP contribution in [-0.4, -0.2) is 6.09 Å². The van der Waals surface area contributed by atoms with Gasteiger partial charge in [-0.05, 0) is 12.1 Å². The minimum Gasteiger partial charge on any atom is -0.283 e. The fraction of sp³-hybridized carbons (Fsp3) is 0. The van der Waals surface area contributed by atoms with Crippen LogP contribution in [0.4, 0.5) is 19.3 Å². The fourth-order valence-electron chi connectivity index (χ4n) is 0.719. The van der Waals surface area contributed by atoms with Crippen LogP contribution in [-0.2, 0) is 5.11 Å². The Hall–Kier alpha value is -1.65. The number of nitrogens with one attached hydrogen (secondary N) is 1. The largest absolute Gasteiger partial charge is 0.455 e. The highest BCUT2D eigenvalue weighted by atomic mass is 19.1. The number of hydrogen-bond acceptors (Lipinski definition) is 1. The number of anilines is 1. The molecule has 0 saturated carbocycles. The normalized spacial score (nSPS) is 9.50. The summed E-state index contributed by atoms with van der Waals surface area (Å²) >= 11 is 0. The number of halogens is 2. The molecule has 0 saturated heterocycles. The van der Waals surface area contributed by atoms with Crippen LogP contribution in [0, 0.1) is 11.6 Å². The molecule has 5 heteroatoms. The predicted molar refractivity (Wildman–Crippen MR) is 36.1 cm³/mol. The highest BCUT2D eigenvalue weighted by Gasteiger charge is 2.10. The topological polar surface area (TPSA) is 49.0 Å². The first-order valence-electron chi connectivity index (χ1n) is 3.03. The first kappa shape index (κ1) is 8.45. The molecule has 63 valence electrons. The molecule has 0 atom stereocenters. The Bertz CT molecular complexity index is 294. The molecule has 1 radical (unpaired) electrons. The third-order valence-corrected chi connectivity index (χ3v) is 1.19. The zero-order chi connectivity index (χ0) is 9.14. The van der Waals surface area contributed by atoms with Gasteiger partial charge < -0.3 is 0 Å². The molecule has 0 spiro atoms. The number of amides is 1. The molecule has 0 aliphatic carbocycles. The monoisotopic (exact) mass is 172 g/mol. The van der Waals surface area contributed by atoms with Crippen LogP contribution in [0.25, 0.3) is 0 Å². The maximum atomic E-state index is 12.6. The molecule has 1 aromatic carbocycles. The van der Waals surface area contributed by atoms with Crippen LogP contribution in [0.2, 0.25) is 0 Å². The lowest BCUT2D eigenvalue weighted by molar-refractivity contribution is 0.185. The van der Waals surface area contributed by atoms with Gasteiger partial charge in [0.25, 0.3) is 0 Å². The van der Waals surface area contributed by atoms with Gasteiger partial charge in [0.15, 0.2) is 0 Å². The highest BCUT2D eigenvalue weighted by molar-refractivity contribution is 5.82. The lowest BCUT2D eigenvalue weighted by atomic mass is 10.3. The Balaban J connectivity index is 3.04. The van der Waals surface area contributed by atoms with Crippen molar-refractivity contribution >= 4 is 11.8 Å². The van der Waals surface area contributed by atoms with E-state index in [1.165, 1.54) is 5.32 Å². The van der Waals surface area contributed by atoms with Gasteiger partial charge in [-0.15, -0.1) is 0 Å². The van der Waals surface area contributed by atoms with Gasteiger partial charge in [-0.25, -0.2) is 18.7 Å². The molecule has 1 aromatic rings. The van der Waals surface area contributed by atoms with Crippen molar-refractivity contribution in [3.63, 3.8) is 0 Å². The van der Waals surface area contributed by atoms with Gasteiger partial charge in [0.05, 0.1) is 0 Å². The van der Waals surface area contributed by atoms with Gasteiger partial charge in [0.2, 0.25) is 0 Å². The second-order valence-electron chi connectivity index (χ2n) is 2.01. The maximum absolute atomic E-state index is 12.6. The molecule has 1 rings (SSSR count). The Morgan fingerprint density at radius 3 is 2.17 bits per heavy atom. The van der Waals surface area contributed by atoms with E-state index in [-0.39, 0.29) is 0 Å². The minimum atomic E-state index is -1.75. The summed E-state index contributed by atoms with van der Waals surface area (Å²) in [7, 11) is 0. The molecule has 1 N–H and O–H groups in total. The van der Waals surface area contributed by atoms with Crippen molar-refractivity contribution in [2.45, 2.75) is 0 Å². The molecule has 0 aliphatic heterocycles. The third kappa shape index (κ3) is 1.69. The molecular weight excluding hydrogens is 168 g/mol. The number of para-hydroxylation sites is 1. The van der Waals surface area contributed by atoms with Crippen molar-refractivity contribution in [1.29, 1.82) is 0 Å². The van der Waals surface area contributed by atoms with Gasteiger partial charge in [0, 0.05) is 0 Å². The van der Waals surface area contributed by atoms with Gasteiger partial charge >= 0.3 is 6.09 Å². The van der Waals surface area contributed by atoms with Gasteiger partial charge in [-0.2, -0.15) is 0 Å². The molecule has 3 nitrogen and oxygen atoms in total. The minimum absolute atomic E-state index is 0.711. The van der Waals surface area contributed by atoms with Gasteiger partial charge in [0.1, 0.15) is 17.3 Å². The zero-order valence-electron chi connectivity index (χ0n) is 5.80. The van der Waals surface area contributed by atoms with Crippen molar-refractivity contribution in [2.24, 2.45) is 0 Å². The molecule has 0 bridgehead atoms. The van der Waals surface area contributed by atoms with Crippen LogP contribution in [0.3, 0.4) is 0 Å². The van der Waals surface area contributed by atoms with Gasteiger partial charge in [-0.3, -0.25) is 5.32 Å². The first-order valence-corrected chi connectivity index (χ1v) is 3.03. The van der Waals surface area contributed by atoms with Gasteiger partial charge in [-0.1, -0.05) is 6.07 Å². The molecule has 0 aliphatic rings. The molecule has 0 aromatic heterocycles. The van der Waals surface area contributed by atoms with Crippen LogP contribution in [0.15, 0.2) is 18.2 Å². The summed E-state index contributed by atoms with van der Waals surface area (Å²) in [4.78, 5) is 9.92. The zero-order valence-corrected chi connectivity index (χ0v) is 5.80. The SMILES string of the molecule is [O]C(=O)Nc1c(F)cccc1F. The summed E-state index contributed by atoms with van der Waals surface area (Å²) in [5.41, 5.74) is -0.711. The van der Waals surface area contributed by atoms with Crippen molar-refractivity contribution in [1.82, 2.24) is 0 Å². The molecule has 0 heterocycles. The van der Waals surface area contributed by atoms with Crippen molar-refractivity contribution in [3.8, 4) is 0 Å². The number of rotatable bonds is 1. The van der Waals surface area contributed by atoms with Crippen LogP contribution in [0.1, 0.15) is 0 Å². The Morgan fingerprint density at radius 1 is 1.25 bits per heavy atom. The number of carbonyl (C=O) groups excluding carboxylic acids is 1. The molecule has 0 fully saturated rings. The van der Waals surface area contributed by atoms with E-state index in [0.29, 0.717) is 0 Å². The Labute approximate surface area is 66.6 Å². The van der Waals surface area contributed by atoms with Crippen molar-refractivity contribution < 1.29 is 18.7 Å². The summed E-state index contributed by atoms with van der Waals surface area (Å²) in [6.07, 6.45) is -1.75. The van der Waals surface area contributed by atoms with E-state index in [1.807, 2.05) is 0 Å². The second-order valence-corrected chi connectivity index (χ2v) is 2.01. The summed E-state index contributed by atoms with van der Waals surface area (Å²) < 4.78 is 25.2. The molecule has 12 heavy (non-hydrogen) atoms. The first-order chi connectivity index (χ1) is 5.61. The van der Waals surface area contributed by atoms with Crippen molar-refractivity contribution in [2.75, 3.05) is 5.32 Å². The second kappa shape index (κ2) is 3.17. The van der Waals surface area contributed by atoms with E-state index in [1.54, 1.807) is 0 Å².